The predicted molar refractivity (Wildman–Crippen MR) is 87.3 cm³/mol. The van der Waals surface area contributed by atoms with Crippen LogP contribution >= 0.6 is 15.9 Å². The average Bonchev–Trinajstić information content (AvgIpc) is 2.55. The molecule has 0 aliphatic heterocycles. The number of alkyl halides is 1. The highest BCUT2D eigenvalue weighted by atomic mass is 79.9. The van der Waals surface area contributed by atoms with Gasteiger partial charge in [0, 0.05) is 24.0 Å². The van der Waals surface area contributed by atoms with Crippen LogP contribution in [-0.2, 0) is 11.9 Å². The molecule has 3 nitrogen and oxygen atoms in total. The molecule has 0 saturated carbocycles. The molecule has 0 aromatic heterocycles. The molecule has 2 rings (SSSR count). The van der Waals surface area contributed by atoms with Crippen LogP contribution in [0.1, 0.15) is 21.5 Å². The first-order chi connectivity index (χ1) is 10.2. The van der Waals surface area contributed by atoms with E-state index in [4.69, 9.17) is 0 Å². The Hall–Kier alpha value is -1.65. The summed E-state index contributed by atoms with van der Waals surface area (Å²) in [6.07, 6.45) is 0. The van der Waals surface area contributed by atoms with Gasteiger partial charge >= 0.3 is 0 Å². The van der Waals surface area contributed by atoms with Crippen molar-refractivity contribution in [3.63, 3.8) is 0 Å². The van der Waals surface area contributed by atoms with Gasteiger partial charge in [-0.3, -0.25) is 4.79 Å². The predicted octanol–water partition coefficient (Wildman–Crippen LogP) is 3.22. The molecule has 21 heavy (non-hydrogen) atoms. The van der Waals surface area contributed by atoms with E-state index in [1.165, 1.54) is 0 Å². The van der Waals surface area contributed by atoms with E-state index >= 15 is 0 Å². The van der Waals surface area contributed by atoms with Crippen LogP contribution in [-0.4, -0.2) is 29.1 Å². The fourth-order valence-electron chi connectivity index (χ4n) is 2.10. The van der Waals surface area contributed by atoms with Crippen molar-refractivity contribution in [2.24, 2.45) is 0 Å². The number of carbonyl (C=O) groups is 1. The van der Waals surface area contributed by atoms with Gasteiger partial charge in [-0.2, -0.15) is 0 Å². The molecule has 2 aromatic rings. The minimum Gasteiger partial charge on any atom is -0.395 e. The van der Waals surface area contributed by atoms with Gasteiger partial charge in [-0.15, -0.1) is 0 Å². The van der Waals surface area contributed by atoms with Crippen molar-refractivity contribution in [2.45, 2.75) is 11.9 Å². The molecule has 4 heteroatoms. The molecule has 2 aromatic carbocycles. The van der Waals surface area contributed by atoms with E-state index in [0.29, 0.717) is 18.7 Å². The molecular weight excluding hydrogens is 330 g/mol. The number of hydrogen-bond acceptors (Lipinski definition) is 2. The fourth-order valence-corrected chi connectivity index (χ4v) is 2.47. The number of rotatable bonds is 6. The van der Waals surface area contributed by atoms with Gasteiger partial charge in [-0.1, -0.05) is 58.4 Å². The van der Waals surface area contributed by atoms with Crippen LogP contribution in [0.15, 0.2) is 54.6 Å². The van der Waals surface area contributed by atoms with Crippen molar-refractivity contribution >= 4 is 21.8 Å². The summed E-state index contributed by atoms with van der Waals surface area (Å²) in [5.41, 5.74) is 2.82. The Kier molecular flexibility index (Phi) is 5.96. The van der Waals surface area contributed by atoms with E-state index in [2.05, 4.69) is 15.9 Å². The monoisotopic (exact) mass is 347 g/mol. The quantitative estimate of drug-likeness (QED) is 0.815. The number of amides is 1. The second kappa shape index (κ2) is 7.96. The molecule has 1 amide bonds. The first kappa shape index (κ1) is 15.7. The van der Waals surface area contributed by atoms with Gasteiger partial charge in [0.25, 0.3) is 5.91 Å². The summed E-state index contributed by atoms with van der Waals surface area (Å²) in [5.74, 6) is -0.0611. The molecule has 0 aliphatic carbocycles. The Balaban J connectivity index is 2.14. The molecule has 110 valence electrons. The van der Waals surface area contributed by atoms with Gasteiger partial charge in [-0.25, -0.2) is 0 Å². The normalized spacial score (nSPS) is 10.4. The lowest BCUT2D eigenvalue weighted by Gasteiger charge is -2.22. The second-order valence-electron chi connectivity index (χ2n) is 4.77. The van der Waals surface area contributed by atoms with E-state index in [1.807, 2.05) is 54.6 Å². The lowest BCUT2D eigenvalue weighted by atomic mass is 10.1. The summed E-state index contributed by atoms with van der Waals surface area (Å²) in [5, 5.41) is 9.96. The van der Waals surface area contributed by atoms with Crippen LogP contribution in [0.3, 0.4) is 0 Å². The minimum absolute atomic E-state index is 0.0436. The third-order valence-electron chi connectivity index (χ3n) is 3.23. The van der Waals surface area contributed by atoms with E-state index < -0.39 is 0 Å². The van der Waals surface area contributed by atoms with E-state index in [-0.39, 0.29) is 12.5 Å². The molecular formula is C17H18BrNO2. The van der Waals surface area contributed by atoms with Crippen molar-refractivity contribution < 1.29 is 9.90 Å². The SMILES string of the molecule is O=C(c1ccc(CBr)cc1)N(CCO)Cc1ccccc1. The molecule has 0 unspecified atom stereocenters. The van der Waals surface area contributed by atoms with Crippen LogP contribution in [0.2, 0.25) is 0 Å². The van der Waals surface area contributed by atoms with Crippen molar-refractivity contribution in [3.8, 4) is 0 Å². The second-order valence-corrected chi connectivity index (χ2v) is 5.33. The zero-order valence-corrected chi connectivity index (χ0v) is 13.3. The third kappa shape index (κ3) is 4.41. The van der Waals surface area contributed by atoms with Crippen molar-refractivity contribution in [3.05, 3.63) is 71.3 Å². The molecule has 0 bridgehead atoms. The molecule has 0 radical (unpaired) electrons. The molecule has 1 N–H and O–H groups in total. The number of hydrogen-bond donors (Lipinski definition) is 1. The maximum Gasteiger partial charge on any atom is 0.254 e. The zero-order valence-electron chi connectivity index (χ0n) is 11.7. The number of halogens is 1. The number of nitrogens with zero attached hydrogens (tertiary/aromatic N) is 1. The Labute approximate surface area is 133 Å². The molecule has 0 saturated heterocycles. The molecule has 0 atom stereocenters. The van der Waals surface area contributed by atoms with E-state index in [1.54, 1.807) is 4.90 Å². The van der Waals surface area contributed by atoms with Gasteiger partial charge in [0.1, 0.15) is 0 Å². The Morgan fingerprint density at radius 1 is 1.00 bits per heavy atom. The Morgan fingerprint density at radius 2 is 1.67 bits per heavy atom. The minimum atomic E-state index is -0.0611. The van der Waals surface area contributed by atoms with Crippen LogP contribution in [0.5, 0.6) is 0 Å². The Morgan fingerprint density at radius 3 is 2.24 bits per heavy atom. The fraction of sp³-hybridized carbons (Fsp3) is 0.235. The highest BCUT2D eigenvalue weighted by molar-refractivity contribution is 9.08. The van der Waals surface area contributed by atoms with E-state index in [0.717, 1.165) is 16.5 Å². The summed E-state index contributed by atoms with van der Waals surface area (Å²) in [6.45, 7) is 0.784. The summed E-state index contributed by atoms with van der Waals surface area (Å²) in [6, 6.07) is 17.3. The van der Waals surface area contributed by atoms with Gasteiger partial charge in [0.2, 0.25) is 0 Å². The van der Waals surface area contributed by atoms with Crippen molar-refractivity contribution in [1.29, 1.82) is 0 Å². The maximum atomic E-state index is 12.5. The van der Waals surface area contributed by atoms with Gasteiger partial charge in [0.15, 0.2) is 0 Å². The van der Waals surface area contributed by atoms with Crippen LogP contribution < -0.4 is 0 Å². The number of benzene rings is 2. The standard InChI is InChI=1S/C17H18BrNO2/c18-12-14-6-8-16(9-7-14)17(21)19(10-11-20)13-15-4-2-1-3-5-15/h1-9,20H,10-13H2. The Bertz CT molecular complexity index is 569. The summed E-state index contributed by atoms with van der Waals surface area (Å²) >= 11 is 3.39. The largest absolute Gasteiger partial charge is 0.395 e. The van der Waals surface area contributed by atoms with Crippen LogP contribution in [0.4, 0.5) is 0 Å². The molecule has 0 aliphatic rings. The summed E-state index contributed by atoms with van der Waals surface area (Å²) in [7, 11) is 0. The smallest absolute Gasteiger partial charge is 0.254 e. The lowest BCUT2D eigenvalue weighted by Crippen LogP contribution is -2.33. The average molecular weight is 348 g/mol. The van der Waals surface area contributed by atoms with Crippen molar-refractivity contribution in [1.82, 2.24) is 4.90 Å². The molecule has 0 heterocycles. The maximum absolute atomic E-state index is 12.5. The van der Waals surface area contributed by atoms with Gasteiger partial charge in [-0.05, 0) is 23.3 Å². The van der Waals surface area contributed by atoms with E-state index in [9.17, 15) is 9.90 Å². The van der Waals surface area contributed by atoms with Crippen LogP contribution in [0, 0.1) is 0 Å². The highest BCUT2D eigenvalue weighted by Gasteiger charge is 2.15. The molecule has 0 spiro atoms. The van der Waals surface area contributed by atoms with Crippen molar-refractivity contribution in [2.75, 3.05) is 13.2 Å². The van der Waals surface area contributed by atoms with Gasteiger partial charge < -0.3 is 10.0 Å². The van der Waals surface area contributed by atoms with Crippen LogP contribution in [0.25, 0.3) is 0 Å². The number of carbonyl (C=O) groups excluding carboxylic acids is 1. The lowest BCUT2D eigenvalue weighted by molar-refractivity contribution is 0.0708. The number of aliphatic hydroxyl groups is 1. The number of aliphatic hydroxyl groups excluding tert-OH is 1. The molecule has 0 fully saturated rings. The summed E-state index contributed by atoms with van der Waals surface area (Å²) < 4.78 is 0. The first-order valence-electron chi connectivity index (χ1n) is 6.83. The summed E-state index contributed by atoms with van der Waals surface area (Å²) in [4.78, 5) is 14.2. The van der Waals surface area contributed by atoms with Gasteiger partial charge in [0.05, 0.1) is 6.61 Å². The highest BCUT2D eigenvalue weighted by Crippen LogP contribution is 2.12. The first-order valence-corrected chi connectivity index (χ1v) is 7.95. The third-order valence-corrected chi connectivity index (χ3v) is 3.88. The zero-order chi connectivity index (χ0) is 15.1. The topological polar surface area (TPSA) is 40.5 Å².